The van der Waals surface area contributed by atoms with Crippen LogP contribution in [0.5, 0.6) is 0 Å². The minimum atomic E-state index is -0.359. The van der Waals surface area contributed by atoms with Gasteiger partial charge in [-0.05, 0) is 84.7 Å². The molecule has 1 aliphatic rings. The van der Waals surface area contributed by atoms with Crippen LogP contribution in [0, 0.1) is 17.6 Å². The monoisotopic (exact) mass is 432 g/mol. The van der Waals surface area contributed by atoms with Crippen LogP contribution in [0.3, 0.4) is 0 Å². The average molecular weight is 433 g/mol. The summed E-state index contributed by atoms with van der Waals surface area (Å²) in [4.78, 5) is 16.4. The maximum Gasteiger partial charge on any atom is 0.243 e. The summed E-state index contributed by atoms with van der Waals surface area (Å²) in [6, 6.07) is 16.8. The zero-order valence-corrected chi connectivity index (χ0v) is 17.8. The Kier molecular flexibility index (Phi) is 6.74. The third kappa shape index (κ3) is 5.10. The van der Waals surface area contributed by atoms with E-state index in [0.29, 0.717) is 6.54 Å². The molecule has 0 unspecified atom stereocenters. The highest BCUT2D eigenvalue weighted by atomic mass is 19.1. The average Bonchev–Trinajstić information content (AvgIpc) is 3.54. The van der Waals surface area contributed by atoms with Gasteiger partial charge >= 0.3 is 0 Å². The lowest BCUT2D eigenvalue weighted by atomic mass is 9.85. The van der Waals surface area contributed by atoms with Crippen LogP contribution >= 0.6 is 0 Å². The molecule has 1 aromatic heterocycles. The lowest BCUT2D eigenvalue weighted by molar-refractivity contribution is -0.116. The van der Waals surface area contributed by atoms with Crippen molar-refractivity contribution in [2.75, 3.05) is 6.54 Å². The van der Waals surface area contributed by atoms with Crippen molar-refractivity contribution in [2.45, 2.75) is 31.1 Å². The fraction of sp³-hybridized carbons (Fsp3) is 0.259. The van der Waals surface area contributed by atoms with Gasteiger partial charge < -0.3 is 5.32 Å². The lowest BCUT2D eigenvalue weighted by Crippen LogP contribution is -2.22. The number of nitrogens with one attached hydrogen (secondary N) is 1. The first kappa shape index (κ1) is 21.9. The summed E-state index contributed by atoms with van der Waals surface area (Å²) < 4.78 is 26.9. The molecule has 3 nitrogen and oxygen atoms in total. The van der Waals surface area contributed by atoms with E-state index in [9.17, 15) is 13.6 Å². The first-order valence-electron chi connectivity index (χ1n) is 10.9. The van der Waals surface area contributed by atoms with E-state index >= 15 is 0 Å². The number of hydrogen-bond acceptors (Lipinski definition) is 2. The van der Waals surface area contributed by atoms with Crippen LogP contribution in [0.2, 0.25) is 0 Å². The number of aromatic nitrogens is 1. The Labute approximate surface area is 187 Å². The van der Waals surface area contributed by atoms with E-state index in [4.69, 9.17) is 0 Å². The molecule has 0 spiro atoms. The van der Waals surface area contributed by atoms with Gasteiger partial charge in [0, 0.05) is 24.4 Å². The minimum absolute atomic E-state index is 0.0924. The summed E-state index contributed by atoms with van der Waals surface area (Å²) in [5.41, 5.74) is 2.78. The topological polar surface area (TPSA) is 42.0 Å². The molecular weight excluding hydrogens is 406 g/mol. The molecule has 164 valence electrons. The van der Waals surface area contributed by atoms with Crippen molar-refractivity contribution in [3.8, 4) is 0 Å². The molecule has 0 aliphatic heterocycles. The van der Waals surface area contributed by atoms with E-state index in [0.717, 1.165) is 36.8 Å². The number of nitrogens with zero attached hydrogens (tertiary/aromatic N) is 1. The highest BCUT2D eigenvalue weighted by molar-refractivity contribution is 5.87. The number of halogens is 2. The van der Waals surface area contributed by atoms with Crippen LogP contribution in [0.4, 0.5) is 8.78 Å². The summed E-state index contributed by atoms with van der Waals surface area (Å²) in [6.07, 6.45) is 10.7. The molecule has 32 heavy (non-hydrogen) atoms. The van der Waals surface area contributed by atoms with Gasteiger partial charge in [0.05, 0.1) is 0 Å². The summed E-state index contributed by atoms with van der Waals surface area (Å²) in [5.74, 6) is -0.613. The maximum absolute atomic E-state index is 13.5. The van der Waals surface area contributed by atoms with Crippen molar-refractivity contribution in [1.29, 1.82) is 0 Å². The van der Waals surface area contributed by atoms with Crippen molar-refractivity contribution in [1.82, 2.24) is 10.3 Å². The van der Waals surface area contributed by atoms with Gasteiger partial charge in [-0.25, -0.2) is 8.78 Å². The second-order valence-electron chi connectivity index (χ2n) is 8.26. The van der Waals surface area contributed by atoms with E-state index in [1.165, 1.54) is 29.8 Å². The van der Waals surface area contributed by atoms with E-state index < -0.39 is 0 Å². The number of unbranched alkanes of at least 4 members (excludes halogenated alkanes) is 1. The van der Waals surface area contributed by atoms with Crippen molar-refractivity contribution in [2.24, 2.45) is 5.92 Å². The third-order valence-corrected chi connectivity index (χ3v) is 6.13. The number of allylic oxidation sites excluding steroid dienone is 1. The van der Waals surface area contributed by atoms with Crippen LogP contribution in [0.25, 0.3) is 0 Å². The summed E-state index contributed by atoms with van der Waals surface area (Å²) in [5, 5.41) is 2.93. The van der Waals surface area contributed by atoms with E-state index in [-0.39, 0.29) is 28.9 Å². The Bertz CT molecular complexity index is 1020. The highest BCUT2D eigenvalue weighted by Gasteiger charge is 2.55. The predicted molar refractivity (Wildman–Crippen MR) is 121 cm³/mol. The Balaban J connectivity index is 1.33. The van der Waals surface area contributed by atoms with Gasteiger partial charge in [0.25, 0.3) is 0 Å². The molecule has 0 radical (unpaired) electrons. The number of hydrogen-bond donors (Lipinski definition) is 1. The number of rotatable bonds is 9. The summed E-state index contributed by atoms with van der Waals surface area (Å²) in [6.45, 7) is 0.620. The number of carbonyl (C=O) groups excluding carboxylic acids is 1. The normalized spacial score (nSPS) is 16.8. The molecule has 2 aromatic carbocycles. The first-order valence-corrected chi connectivity index (χ1v) is 10.9. The molecule has 1 N–H and O–H groups in total. The first-order chi connectivity index (χ1) is 15.6. The maximum atomic E-state index is 13.5. The van der Waals surface area contributed by atoms with Gasteiger partial charge in [-0.1, -0.05) is 36.4 Å². The van der Waals surface area contributed by atoms with Gasteiger partial charge in [-0.3, -0.25) is 9.78 Å². The zero-order chi connectivity index (χ0) is 22.4. The second kappa shape index (κ2) is 9.86. The highest BCUT2D eigenvalue weighted by Crippen LogP contribution is 2.59. The predicted octanol–water partition coefficient (Wildman–Crippen LogP) is 5.36. The molecule has 5 heteroatoms. The summed E-state index contributed by atoms with van der Waals surface area (Å²) in [7, 11) is 0. The molecule has 0 saturated heterocycles. The molecule has 1 saturated carbocycles. The molecule has 4 rings (SSSR count). The SMILES string of the molecule is O=C(C=C[C@H]1CC1(c1ccc(F)cc1)c1ccc(F)cc1)NCCCCc1cccnc1. The number of pyridine rings is 1. The Morgan fingerprint density at radius 3 is 2.25 bits per heavy atom. The zero-order valence-electron chi connectivity index (χ0n) is 17.8. The fourth-order valence-electron chi connectivity index (χ4n) is 4.32. The van der Waals surface area contributed by atoms with Crippen LogP contribution in [0.1, 0.15) is 36.0 Å². The molecule has 1 aliphatic carbocycles. The number of benzene rings is 2. The molecule has 1 amide bonds. The van der Waals surface area contributed by atoms with Crippen LogP contribution in [-0.4, -0.2) is 17.4 Å². The van der Waals surface area contributed by atoms with Gasteiger partial charge in [0.15, 0.2) is 0 Å². The quantitative estimate of drug-likeness (QED) is 0.365. The third-order valence-electron chi connectivity index (χ3n) is 6.13. The van der Waals surface area contributed by atoms with Crippen molar-refractivity contribution >= 4 is 5.91 Å². The number of carbonyl (C=O) groups is 1. The molecular formula is C27H26F2N2O. The largest absolute Gasteiger partial charge is 0.353 e. The smallest absolute Gasteiger partial charge is 0.243 e. The Morgan fingerprint density at radius 2 is 1.66 bits per heavy atom. The van der Waals surface area contributed by atoms with E-state index in [2.05, 4.69) is 16.4 Å². The Hall–Kier alpha value is -3.34. The van der Waals surface area contributed by atoms with Gasteiger partial charge in [0.1, 0.15) is 11.6 Å². The number of amides is 1. The van der Waals surface area contributed by atoms with Crippen molar-refractivity contribution in [3.63, 3.8) is 0 Å². The van der Waals surface area contributed by atoms with Gasteiger partial charge in [-0.15, -0.1) is 0 Å². The van der Waals surface area contributed by atoms with Crippen LogP contribution in [-0.2, 0) is 16.6 Å². The number of aryl methyl sites for hydroxylation is 1. The minimum Gasteiger partial charge on any atom is -0.353 e. The molecule has 3 aromatic rings. The fourth-order valence-corrected chi connectivity index (χ4v) is 4.32. The second-order valence-corrected chi connectivity index (χ2v) is 8.26. The van der Waals surface area contributed by atoms with Crippen LogP contribution < -0.4 is 5.32 Å². The molecule has 0 bridgehead atoms. The van der Waals surface area contributed by atoms with Gasteiger partial charge in [-0.2, -0.15) is 0 Å². The molecule has 1 atom stereocenters. The van der Waals surface area contributed by atoms with Crippen molar-refractivity contribution < 1.29 is 13.6 Å². The van der Waals surface area contributed by atoms with Crippen LogP contribution in [0.15, 0.2) is 85.2 Å². The van der Waals surface area contributed by atoms with Gasteiger partial charge in [0.2, 0.25) is 5.91 Å². The standard InChI is InChI=1S/C27H26F2N2O/c28-24-11-6-21(7-12-24)27(22-8-13-25(29)14-9-22)18-23(27)10-15-26(32)31-17-2-1-4-20-5-3-16-30-19-20/h3,5-16,19,23H,1-2,4,17-18H2,(H,31,32)/t23-/m0/s1. The summed E-state index contributed by atoms with van der Waals surface area (Å²) >= 11 is 0. The van der Waals surface area contributed by atoms with E-state index in [1.807, 2.05) is 18.3 Å². The molecule has 1 heterocycles. The van der Waals surface area contributed by atoms with Crippen molar-refractivity contribution in [3.05, 3.63) is 114 Å². The lowest BCUT2D eigenvalue weighted by Gasteiger charge is -2.18. The Morgan fingerprint density at radius 1 is 1.00 bits per heavy atom. The molecule has 1 fully saturated rings. The van der Waals surface area contributed by atoms with E-state index in [1.54, 1.807) is 36.5 Å².